The quantitative estimate of drug-likeness (QED) is 0.506. The fourth-order valence-corrected chi connectivity index (χ4v) is 5.87. The Morgan fingerprint density at radius 2 is 1.86 bits per heavy atom. The summed E-state index contributed by atoms with van der Waals surface area (Å²) < 4.78 is 30.4. The summed E-state index contributed by atoms with van der Waals surface area (Å²) in [7, 11) is -3.10. The summed E-state index contributed by atoms with van der Waals surface area (Å²) in [4.78, 5) is 16.4. The van der Waals surface area contributed by atoms with Gasteiger partial charge in [-0.2, -0.15) is 4.31 Å². The Hall–Kier alpha value is -0.980. The molecule has 0 spiro atoms. The third-order valence-corrected chi connectivity index (χ3v) is 7.94. The summed E-state index contributed by atoms with van der Waals surface area (Å²) >= 11 is 3.27. The van der Waals surface area contributed by atoms with Gasteiger partial charge in [0.25, 0.3) is 0 Å². The number of thioether (sulfide) groups is 1. The number of nitrogens with zero attached hydrogens (tertiary/aromatic N) is 5. The van der Waals surface area contributed by atoms with Gasteiger partial charge in [0.15, 0.2) is 5.16 Å². The topological polar surface area (TPSA) is 78.9 Å². The molecule has 0 bridgehead atoms. The first-order valence-corrected chi connectivity index (χ1v) is 13.2. The van der Waals surface area contributed by atoms with Crippen molar-refractivity contribution < 1.29 is 13.2 Å². The van der Waals surface area contributed by atoms with Crippen molar-refractivity contribution in [3.05, 3.63) is 10.9 Å². The predicted octanol–water partition coefficient (Wildman–Crippen LogP) is 1.33. The number of aromatic nitrogens is 2. The van der Waals surface area contributed by atoms with Crippen molar-refractivity contribution in [2.24, 2.45) is 0 Å². The third-order valence-electron chi connectivity index (χ3n) is 5.08. The largest absolute Gasteiger partial charge is 0.378 e. The first kappa shape index (κ1) is 20.3. The number of piperazine rings is 1. The van der Waals surface area contributed by atoms with Gasteiger partial charge in [-0.1, -0.05) is 11.8 Å². The molecule has 0 aliphatic carbocycles. The lowest BCUT2D eigenvalue weighted by atomic mass is 10.3. The first-order chi connectivity index (χ1) is 13.4. The lowest BCUT2D eigenvalue weighted by Crippen LogP contribution is -2.47. The van der Waals surface area contributed by atoms with Crippen molar-refractivity contribution in [3.63, 3.8) is 0 Å². The van der Waals surface area contributed by atoms with Crippen LogP contribution in [0.2, 0.25) is 0 Å². The third kappa shape index (κ3) is 4.44. The zero-order chi connectivity index (χ0) is 19.7. The number of anilines is 1. The van der Waals surface area contributed by atoms with Crippen LogP contribution >= 0.6 is 23.1 Å². The molecular weight excluding hydrogens is 418 g/mol. The van der Waals surface area contributed by atoms with Gasteiger partial charge in [-0.15, -0.1) is 11.3 Å². The highest BCUT2D eigenvalue weighted by molar-refractivity contribution is 7.98. The number of thiophene rings is 1. The van der Waals surface area contributed by atoms with Gasteiger partial charge in [0.2, 0.25) is 10.0 Å². The van der Waals surface area contributed by atoms with Gasteiger partial charge >= 0.3 is 0 Å². The molecule has 28 heavy (non-hydrogen) atoms. The lowest BCUT2D eigenvalue weighted by Gasteiger charge is -2.32. The lowest BCUT2D eigenvalue weighted by molar-refractivity contribution is 0.122. The Morgan fingerprint density at radius 3 is 2.50 bits per heavy atom. The minimum Gasteiger partial charge on any atom is -0.378 e. The van der Waals surface area contributed by atoms with Gasteiger partial charge in [0.1, 0.15) is 10.6 Å². The van der Waals surface area contributed by atoms with Crippen LogP contribution in [0, 0.1) is 0 Å². The second kappa shape index (κ2) is 8.41. The molecule has 0 atom stereocenters. The van der Waals surface area contributed by atoms with Gasteiger partial charge in [-0.05, 0) is 12.3 Å². The SMILES string of the molecule is CSc1nc(N2CCOCC2)c2cc(CN3CCN(S(C)(=O)=O)CC3)sc2n1. The summed E-state index contributed by atoms with van der Waals surface area (Å²) in [6.07, 6.45) is 3.28. The van der Waals surface area contributed by atoms with E-state index in [-0.39, 0.29) is 0 Å². The maximum atomic E-state index is 11.7. The number of morpholine rings is 1. The molecule has 0 saturated carbocycles. The average molecular weight is 444 g/mol. The zero-order valence-corrected chi connectivity index (χ0v) is 18.6. The Morgan fingerprint density at radius 1 is 1.14 bits per heavy atom. The number of fused-ring (bicyclic) bond motifs is 1. The average Bonchev–Trinajstić information content (AvgIpc) is 3.09. The van der Waals surface area contributed by atoms with Crippen molar-refractivity contribution >= 4 is 49.2 Å². The molecule has 2 aliphatic rings. The molecule has 2 aromatic heterocycles. The van der Waals surface area contributed by atoms with E-state index in [9.17, 15) is 8.42 Å². The summed E-state index contributed by atoms with van der Waals surface area (Å²) in [6, 6.07) is 2.21. The Balaban J connectivity index is 1.54. The van der Waals surface area contributed by atoms with Gasteiger partial charge in [-0.25, -0.2) is 18.4 Å². The molecule has 0 N–H and O–H groups in total. The smallest absolute Gasteiger partial charge is 0.211 e. The van der Waals surface area contributed by atoms with E-state index in [2.05, 4.69) is 15.9 Å². The molecule has 2 aliphatic heterocycles. The van der Waals surface area contributed by atoms with E-state index < -0.39 is 10.0 Å². The van der Waals surface area contributed by atoms with E-state index in [1.54, 1.807) is 27.4 Å². The number of sulfonamides is 1. The fourth-order valence-electron chi connectivity index (χ4n) is 3.56. The van der Waals surface area contributed by atoms with Crippen LogP contribution in [-0.2, 0) is 21.3 Å². The maximum Gasteiger partial charge on any atom is 0.211 e. The zero-order valence-electron chi connectivity index (χ0n) is 16.1. The van der Waals surface area contributed by atoms with Crippen molar-refractivity contribution in [1.82, 2.24) is 19.2 Å². The van der Waals surface area contributed by atoms with Crippen molar-refractivity contribution in [2.45, 2.75) is 11.7 Å². The van der Waals surface area contributed by atoms with Crippen LogP contribution in [0.25, 0.3) is 10.2 Å². The van der Waals surface area contributed by atoms with Crippen LogP contribution < -0.4 is 4.90 Å². The van der Waals surface area contributed by atoms with Crippen molar-refractivity contribution in [2.75, 3.05) is 69.9 Å². The predicted molar refractivity (Wildman–Crippen MR) is 114 cm³/mol. The summed E-state index contributed by atoms with van der Waals surface area (Å²) in [5, 5.41) is 1.90. The van der Waals surface area contributed by atoms with E-state index in [0.717, 1.165) is 67.1 Å². The fraction of sp³-hybridized carbons (Fsp3) is 0.647. The molecule has 0 aromatic carbocycles. The number of rotatable bonds is 5. The molecule has 4 heterocycles. The molecular formula is C17H25N5O3S3. The molecule has 154 valence electrons. The molecule has 4 rings (SSSR count). The molecule has 2 saturated heterocycles. The highest BCUT2D eigenvalue weighted by atomic mass is 32.2. The normalized spacial score (nSPS) is 20.1. The number of ether oxygens (including phenoxy) is 1. The summed E-state index contributed by atoms with van der Waals surface area (Å²) in [6.45, 7) is 6.56. The molecule has 0 amide bonds. The van der Waals surface area contributed by atoms with Crippen LogP contribution in [-0.4, -0.2) is 92.6 Å². The second-order valence-corrected chi connectivity index (χ2v) is 10.9. The van der Waals surface area contributed by atoms with E-state index in [0.29, 0.717) is 13.1 Å². The monoisotopic (exact) mass is 443 g/mol. The molecule has 8 nitrogen and oxygen atoms in total. The van der Waals surface area contributed by atoms with E-state index >= 15 is 0 Å². The Labute approximate surface area is 173 Å². The van der Waals surface area contributed by atoms with Crippen LogP contribution in [0.1, 0.15) is 4.88 Å². The summed E-state index contributed by atoms with van der Waals surface area (Å²) in [5.41, 5.74) is 0. The van der Waals surface area contributed by atoms with Crippen LogP contribution in [0.3, 0.4) is 0 Å². The Bertz CT molecular complexity index is 935. The molecule has 2 fully saturated rings. The summed E-state index contributed by atoms with van der Waals surface area (Å²) in [5.74, 6) is 1.00. The molecule has 2 aromatic rings. The molecule has 0 radical (unpaired) electrons. The van der Waals surface area contributed by atoms with Gasteiger partial charge < -0.3 is 9.64 Å². The highest BCUT2D eigenvalue weighted by Gasteiger charge is 2.24. The van der Waals surface area contributed by atoms with Gasteiger partial charge in [-0.3, -0.25) is 4.90 Å². The van der Waals surface area contributed by atoms with Crippen LogP contribution in [0.15, 0.2) is 11.2 Å². The number of hydrogen-bond donors (Lipinski definition) is 0. The molecule has 0 unspecified atom stereocenters. The first-order valence-electron chi connectivity index (χ1n) is 9.28. The van der Waals surface area contributed by atoms with Crippen LogP contribution in [0.4, 0.5) is 5.82 Å². The standard InChI is InChI=1S/C17H25N5O3S3/c1-26-17-18-15(21-7-9-25-10-8-21)14-11-13(27-16(14)19-17)12-20-3-5-22(6-4-20)28(2,23)24/h11H,3-10,12H2,1-2H3. The van der Waals surface area contributed by atoms with Crippen molar-refractivity contribution in [1.29, 1.82) is 0 Å². The van der Waals surface area contributed by atoms with Crippen molar-refractivity contribution in [3.8, 4) is 0 Å². The van der Waals surface area contributed by atoms with E-state index in [4.69, 9.17) is 14.7 Å². The van der Waals surface area contributed by atoms with Gasteiger partial charge in [0, 0.05) is 50.7 Å². The van der Waals surface area contributed by atoms with E-state index in [1.807, 2.05) is 6.26 Å². The minimum atomic E-state index is -3.10. The molecule has 11 heteroatoms. The Kier molecular flexibility index (Phi) is 6.09. The number of hydrogen-bond acceptors (Lipinski definition) is 9. The second-order valence-electron chi connectivity index (χ2n) is 7.00. The van der Waals surface area contributed by atoms with E-state index in [1.165, 1.54) is 11.1 Å². The highest BCUT2D eigenvalue weighted by Crippen LogP contribution is 2.33. The van der Waals surface area contributed by atoms with Gasteiger partial charge in [0.05, 0.1) is 24.9 Å². The maximum absolute atomic E-state index is 11.7. The minimum absolute atomic E-state index is 0.555. The van der Waals surface area contributed by atoms with Crippen LogP contribution in [0.5, 0.6) is 0 Å².